The first kappa shape index (κ1) is 27.6. The van der Waals surface area contributed by atoms with Gasteiger partial charge in [0.05, 0.1) is 13.2 Å². The second kappa shape index (κ2) is 14.6. The SMILES string of the molecule is C=C(C)C(=O)OC1CCCCC1.C=C(C)C(=O)OCC1CO1.C=C(C)C(=O)OCC1CO1. The van der Waals surface area contributed by atoms with E-state index in [9.17, 15) is 14.4 Å². The van der Waals surface area contributed by atoms with Gasteiger partial charge in [0.25, 0.3) is 0 Å². The third kappa shape index (κ3) is 13.8. The maximum atomic E-state index is 11.1. The van der Waals surface area contributed by atoms with Crippen molar-refractivity contribution in [1.29, 1.82) is 0 Å². The van der Waals surface area contributed by atoms with Crippen LogP contribution in [0.2, 0.25) is 0 Å². The maximum absolute atomic E-state index is 11.1. The highest BCUT2D eigenvalue weighted by Crippen LogP contribution is 2.20. The van der Waals surface area contributed by atoms with Gasteiger partial charge < -0.3 is 23.7 Å². The van der Waals surface area contributed by atoms with Crippen molar-refractivity contribution in [3.05, 3.63) is 36.5 Å². The molecule has 2 unspecified atom stereocenters. The normalized spacial score (nSPS) is 20.7. The topological polar surface area (TPSA) is 104 Å². The molecule has 32 heavy (non-hydrogen) atoms. The minimum Gasteiger partial charge on any atom is -0.459 e. The zero-order chi connectivity index (χ0) is 24.1. The molecule has 2 saturated heterocycles. The maximum Gasteiger partial charge on any atom is 0.333 e. The number of epoxide rings is 2. The van der Waals surface area contributed by atoms with E-state index in [4.69, 9.17) is 23.7 Å². The summed E-state index contributed by atoms with van der Waals surface area (Å²) in [4.78, 5) is 32.5. The Bertz CT molecular complexity index is 644. The van der Waals surface area contributed by atoms with Crippen molar-refractivity contribution in [3.8, 4) is 0 Å². The summed E-state index contributed by atoms with van der Waals surface area (Å²) in [6.45, 7) is 17.5. The Balaban J connectivity index is 0.000000241. The highest BCUT2D eigenvalue weighted by atomic mass is 16.6. The van der Waals surface area contributed by atoms with Crippen LogP contribution in [-0.4, -0.2) is 62.6 Å². The lowest BCUT2D eigenvalue weighted by atomic mass is 9.98. The molecule has 0 amide bonds. The summed E-state index contributed by atoms with van der Waals surface area (Å²) in [6.07, 6.45) is 6.15. The first-order chi connectivity index (χ1) is 15.1. The molecule has 0 bridgehead atoms. The van der Waals surface area contributed by atoms with Crippen molar-refractivity contribution >= 4 is 17.9 Å². The molecule has 0 aromatic carbocycles. The number of carbonyl (C=O) groups excluding carboxylic acids is 3. The van der Waals surface area contributed by atoms with Crippen LogP contribution >= 0.6 is 0 Å². The van der Waals surface area contributed by atoms with Crippen LogP contribution in [0.4, 0.5) is 0 Å². The quantitative estimate of drug-likeness (QED) is 0.239. The lowest BCUT2D eigenvalue weighted by Gasteiger charge is -2.21. The van der Waals surface area contributed by atoms with Crippen molar-refractivity contribution in [3.63, 3.8) is 0 Å². The van der Waals surface area contributed by atoms with E-state index < -0.39 is 0 Å². The molecule has 0 spiro atoms. The van der Waals surface area contributed by atoms with E-state index in [2.05, 4.69) is 19.7 Å². The first-order valence-electron chi connectivity index (χ1n) is 10.8. The van der Waals surface area contributed by atoms with Crippen molar-refractivity contribution in [2.75, 3.05) is 26.4 Å². The van der Waals surface area contributed by atoms with Gasteiger partial charge in [-0.3, -0.25) is 0 Å². The van der Waals surface area contributed by atoms with Gasteiger partial charge in [-0.25, -0.2) is 14.4 Å². The molecule has 0 aromatic heterocycles. The molecule has 8 heteroatoms. The lowest BCUT2D eigenvalue weighted by molar-refractivity contribution is -0.145. The van der Waals surface area contributed by atoms with Gasteiger partial charge in [0.1, 0.15) is 31.5 Å². The van der Waals surface area contributed by atoms with E-state index in [0.29, 0.717) is 43.1 Å². The molecule has 1 aliphatic carbocycles. The Morgan fingerprint density at radius 2 is 1.09 bits per heavy atom. The van der Waals surface area contributed by atoms with Gasteiger partial charge in [0.2, 0.25) is 0 Å². The van der Waals surface area contributed by atoms with Crippen molar-refractivity contribution in [2.45, 2.75) is 71.2 Å². The van der Waals surface area contributed by atoms with Crippen LogP contribution in [0, 0.1) is 0 Å². The monoisotopic (exact) mass is 452 g/mol. The standard InChI is InChI=1S/C10H16O2.2C7H10O3/c1-8(2)10(11)12-9-6-4-3-5-7-9;2*1-5(2)7(8)10-4-6-3-9-6/h9H,1,3-7H2,2H3;2*6H,1,3-4H2,2H3. The van der Waals surface area contributed by atoms with Crippen LogP contribution in [0.5, 0.6) is 0 Å². The summed E-state index contributed by atoms with van der Waals surface area (Å²) in [5, 5.41) is 0. The van der Waals surface area contributed by atoms with Crippen LogP contribution in [0.1, 0.15) is 52.9 Å². The summed E-state index contributed by atoms with van der Waals surface area (Å²) >= 11 is 0. The van der Waals surface area contributed by atoms with Crippen molar-refractivity contribution in [1.82, 2.24) is 0 Å². The Kier molecular flexibility index (Phi) is 12.6. The predicted octanol–water partition coefficient (Wildman–Crippen LogP) is 3.45. The van der Waals surface area contributed by atoms with E-state index in [0.717, 1.165) is 12.8 Å². The number of esters is 3. The van der Waals surface area contributed by atoms with E-state index >= 15 is 0 Å². The Morgan fingerprint density at radius 1 is 0.719 bits per heavy atom. The lowest BCUT2D eigenvalue weighted by Crippen LogP contribution is -2.20. The summed E-state index contributed by atoms with van der Waals surface area (Å²) in [5.41, 5.74) is 1.36. The summed E-state index contributed by atoms with van der Waals surface area (Å²) in [5.74, 6) is -0.909. The number of hydrogen-bond acceptors (Lipinski definition) is 8. The summed E-state index contributed by atoms with van der Waals surface area (Å²) in [6, 6.07) is 0. The van der Waals surface area contributed by atoms with Gasteiger partial charge in [0, 0.05) is 16.7 Å². The first-order valence-corrected chi connectivity index (χ1v) is 10.8. The number of hydrogen-bond donors (Lipinski definition) is 0. The Labute approximate surface area is 190 Å². The average Bonchev–Trinajstić information content (AvgIpc) is 3.66. The zero-order valence-electron chi connectivity index (χ0n) is 19.5. The molecule has 1 saturated carbocycles. The third-order valence-electron chi connectivity index (χ3n) is 4.48. The predicted molar refractivity (Wildman–Crippen MR) is 119 cm³/mol. The number of rotatable bonds is 8. The Hall–Kier alpha value is -2.45. The Morgan fingerprint density at radius 3 is 1.41 bits per heavy atom. The molecule has 3 rings (SSSR count). The van der Waals surface area contributed by atoms with Gasteiger partial charge in [-0.1, -0.05) is 26.2 Å². The number of carbonyl (C=O) groups is 3. The summed E-state index contributed by atoms with van der Waals surface area (Å²) in [7, 11) is 0. The number of ether oxygens (including phenoxy) is 5. The van der Waals surface area contributed by atoms with Gasteiger partial charge in [-0.05, 0) is 46.5 Å². The molecular weight excluding hydrogens is 416 g/mol. The second-order valence-corrected chi connectivity index (χ2v) is 8.11. The summed E-state index contributed by atoms with van der Waals surface area (Å²) < 4.78 is 24.4. The molecule has 0 aromatic rings. The minimum atomic E-state index is -0.337. The molecular formula is C24H36O8. The van der Waals surface area contributed by atoms with Gasteiger partial charge >= 0.3 is 17.9 Å². The third-order valence-corrected chi connectivity index (χ3v) is 4.48. The second-order valence-electron chi connectivity index (χ2n) is 8.11. The van der Waals surface area contributed by atoms with Crippen LogP contribution in [0.25, 0.3) is 0 Å². The van der Waals surface area contributed by atoms with Crippen LogP contribution in [0.3, 0.4) is 0 Å². The molecule has 8 nitrogen and oxygen atoms in total. The smallest absolute Gasteiger partial charge is 0.333 e. The van der Waals surface area contributed by atoms with Crippen molar-refractivity contribution in [2.24, 2.45) is 0 Å². The molecule has 3 aliphatic rings. The van der Waals surface area contributed by atoms with Gasteiger partial charge in [0.15, 0.2) is 0 Å². The van der Waals surface area contributed by atoms with Gasteiger partial charge in [-0.2, -0.15) is 0 Å². The zero-order valence-corrected chi connectivity index (χ0v) is 19.5. The highest BCUT2D eigenvalue weighted by Gasteiger charge is 2.24. The molecule has 2 atom stereocenters. The van der Waals surface area contributed by atoms with E-state index in [1.165, 1.54) is 19.3 Å². The van der Waals surface area contributed by atoms with E-state index in [1.54, 1.807) is 20.8 Å². The molecule has 2 aliphatic heterocycles. The molecule has 2 heterocycles. The van der Waals surface area contributed by atoms with Crippen LogP contribution in [-0.2, 0) is 38.1 Å². The fraction of sp³-hybridized carbons (Fsp3) is 0.625. The largest absolute Gasteiger partial charge is 0.459 e. The molecule has 0 radical (unpaired) electrons. The van der Waals surface area contributed by atoms with Crippen LogP contribution in [0.15, 0.2) is 36.5 Å². The van der Waals surface area contributed by atoms with Crippen molar-refractivity contribution < 1.29 is 38.1 Å². The molecule has 180 valence electrons. The fourth-order valence-corrected chi connectivity index (χ4v) is 2.35. The van der Waals surface area contributed by atoms with Gasteiger partial charge in [-0.15, -0.1) is 0 Å². The molecule has 3 fully saturated rings. The fourth-order valence-electron chi connectivity index (χ4n) is 2.35. The highest BCUT2D eigenvalue weighted by molar-refractivity contribution is 5.87. The van der Waals surface area contributed by atoms with E-state index in [-0.39, 0.29) is 36.2 Å². The minimum absolute atomic E-state index is 0.142. The molecule has 0 N–H and O–H groups in total. The average molecular weight is 453 g/mol. The van der Waals surface area contributed by atoms with Crippen LogP contribution < -0.4 is 0 Å². The van der Waals surface area contributed by atoms with E-state index in [1.807, 2.05) is 0 Å².